The van der Waals surface area contributed by atoms with E-state index in [-0.39, 0.29) is 17.7 Å². The molecule has 1 aromatic rings. The zero-order valence-corrected chi connectivity index (χ0v) is 10.5. The van der Waals surface area contributed by atoms with Gasteiger partial charge < -0.3 is 10.4 Å². The zero-order chi connectivity index (χ0) is 14.6. The summed E-state index contributed by atoms with van der Waals surface area (Å²) in [7, 11) is 0. The monoisotopic (exact) mass is 266 g/mol. The second kappa shape index (κ2) is 5.47. The van der Waals surface area contributed by atoms with Gasteiger partial charge in [0.15, 0.2) is 0 Å². The van der Waals surface area contributed by atoms with E-state index in [2.05, 4.69) is 5.32 Å². The normalized spacial score (nSPS) is 10.8. The van der Waals surface area contributed by atoms with Gasteiger partial charge in [0.25, 0.3) is 11.6 Å². The summed E-state index contributed by atoms with van der Waals surface area (Å²) < 4.78 is 0. The first-order valence-electron chi connectivity index (χ1n) is 5.50. The highest BCUT2D eigenvalue weighted by molar-refractivity contribution is 5.95. The first kappa shape index (κ1) is 14.6. The highest BCUT2D eigenvalue weighted by Gasteiger charge is 2.24. The van der Waals surface area contributed by atoms with Crippen molar-refractivity contribution in [3.63, 3.8) is 0 Å². The third-order valence-corrected chi connectivity index (χ3v) is 2.36. The van der Waals surface area contributed by atoms with Crippen molar-refractivity contribution >= 4 is 17.6 Å². The van der Waals surface area contributed by atoms with Crippen LogP contribution in [0.1, 0.15) is 30.6 Å². The molecule has 2 N–H and O–H groups in total. The van der Waals surface area contributed by atoms with Gasteiger partial charge in [-0.15, -0.1) is 0 Å². The van der Waals surface area contributed by atoms with Crippen LogP contribution in [0, 0.1) is 10.1 Å². The first-order valence-corrected chi connectivity index (χ1v) is 5.50. The third-order valence-electron chi connectivity index (χ3n) is 2.36. The lowest BCUT2D eigenvalue weighted by atomic mass is 10.00. The molecule has 1 amide bonds. The number of carbonyl (C=O) groups excluding carboxylic acids is 1. The van der Waals surface area contributed by atoms with E-state index in [0.717, 1.165) is 6.07 Å². The van der Waals surface area contributed by atoms with E-state index in [1.165, 1.54) is 18.2 Å². The van der Waals surface area contributed by atoms with Gasteiger partial charge >= 0.3 is 5.97 Å². The molecule has 7 nitrogen and oxygen atoms in total. The molecule has 19 heavy (non-hydrogen) atoms. The van der Waals surface area contributed by atoms with Crippen LogP contribution in [0.2, 0.25) is 0 Å². The molecule has 1 aromatic carbocycles. The van der Waals surface area contributed by atoms with Gasteiger partial charge in [-0.1, -0.05) is 6.07 Å². The Labute approximate surface area is 109 Å². The number of nitro benzene ring substituents is 1. The number of hydrogen-bond acceptors (Lipinski definition) is 4. The van der Waals surface area contributed by atoms with Crippen LogP contribution < -0.4 is 5.32 Å². The average Bonchev–Trinajstić information content (AvgIpc) is 2.26. The van der Waals surface area contributed by atoms with Gasteiger partial charge in [0, 0.05) is 23.2 Å². The lowest BCUT2D eigenvalue weighted by Crippen LogP contribution is -2.44. The Morgan fingerprint density at radius 2 is 2.05 bits per heavy atom. The summed E-state index contributed by atoms with van der Waals surface area (Å²) in [5.74, 6) is -1.58. The summed E-state index contributed by atoms with van der Waals surface area (Å²) in [6.45, 7) is 3.13. The number of benzene rings is 1. The highest BCUT2D eigenvalue weighted by atomic mass is 16.6. The van der Waals surface area contributed by atoms with Gasteiger partial charge in [-0.25, -0.2) is 0 Å². The number of non-ortho nitro benzene ring substituents is 1. The Bertz CT molecular complexity index is 525. The van der Waals surface area contributed by atoms with Crippen molar-refractivity contribution in [3.8, 4) is 0 Å². The molecule has 0 aliphatic heterocycles. The molecule has 0 spiro atoms. The SMILES string of the molecule is CC(C)(CC(=O)O)NC(=O)c1cccc([N+](=O)[O-])c1. The van der Waals surface area contributed by atoms with Crippen molar-refractivity contribution in [2.24, 2.45) is 0 Å². The van der Waals surface area contributed by atoms with Crippen LogP contribution in [0.3, 0.4) is 0 Å². The average molecular weight is 266 g/mol. The lowest BCUT2D eigenvalue weighted by Gasteiger charge is -2.24. The van der Waals surface area contributed by atoms with Gasteiger partial charge in [-0.2, -0.15) is 0 Å². The van der Waals surface area contributed by atoms with Crippen LogP contribution in [0.25, 0.3) is 0 Å². The Morgan fingerprint density at radius 1 is 1.42 bits per heavy atom. The van der Waals surface area contributed by atoms with Crippen LogP contribution in [-0.4, -0.2) is 27.4 Å². The molecule has 0 aromatic heterocycles. The van der Waals surface area contributed by atoms with Gasteiger partial charge in [-0.3, -0.25) is 19.7 Å². The summed E-state index contributed by atoms with van der Waals surface area (Å²) in [4.78, 5) is 32.5. The number of carbonyl (C=O) groups is 2. The van der Waals surface area contributed by atoms with Gasteiger partial charge in [0.1, 0.15) is 0 Å². The van der Waals surface area contributed by atoms with Crippen LogP contribution in [0.4, 0.5) is 5.69 Å². The Hall–Kier alpha value is -2.44. The maximum absolute atomic E-state index is 11.9. The Balaban J connectivity index is 2.86. The summed E-state index contributed by atoms with van der Waals surface area (Å²) in [6.07, 6.45) is -0.242. The number of amides is 1. The fourth-order valence-corrected chi connectivity index (χ4v) is 1.56. The number of rotatable bonds is 5. The molecule has 0 unspecified atom stereocenters. The minimum atomic E-state index is -1.04. The maximum Gasteiger partial charge on any atom is 0.305 e. The van der Waals surface area contributed by atoms with Crippen LogP contribution >= 0.6 is 0 Å². The van der Waals surface area contributed by atoms with Crippen molar-refractivity contribution in [1.29, 1.82) is 0 Å². The smallest absolute Gasteiger partial charge is 0.305 e. The number of hydrogen-bond donors (Lipinski definition) is 2. The van der Waals surface area contributed by atoms with E-state index >= 15 is 0 Å². The molecule has 0 atom stereocenters. The quantitative estimate of drug-likeness (QED) is 0.621. The number of aliphatic carboxylic acids is 1. The van der Waals surface area contributed by atoms with Crippen LogP contribution in [0.15, 0.2) is 24.3 Å². The minimum absolute atomic E-state index is 0.118. The number of nitrogens with one attached hydrogen (secondary N) is 1. The number of nitro groups is 1. The van der Waals surface area contributed by atoms with E-state index in [9.17, 15) is 19.7 Å². The van der Waals surface area contributed by atoms with E-state index < -0.39 is 22.3 Å². The van der Waals surface area contributed by atoms with E-state index in [0.29, 0.717) is 0 Å². The lowest BCUT2D eigenvalue weighted by molar-refractivity contribution is -0.384. The standard InChI is InChI=1S/C12H14N2O5/c1-12(2,7-10(15)16)13-11(17)8-4-3-5-9(6-8)14(18)19/h3-6H,7H2,1-2H3,(H,13,17)(H,15,16). The molecule has 102 valence electrons. The second-order valence-electron chi connectivity index (χ2n) is 4.72. The predicted octanol–water partition coefficient (Wildman–Crippen LogP) is 1.58. The summed E-state index contributed by atoms with van der Waals surface area (Å²) in [5, 5.41) is 21.8. The topological polar surface area (TPSA) is 110 Å². The fraction of sp³-hybridized carbons (Fsp3) is 0.333. The minimum Gasteiger partial charge on any atom is -0.481 e. The third kappa shape index (κ3) is 4.38. The molecule has 1 rings (SSSR count). The molecular formula is C12H14N2O5. The van der Waals surface area contributed by atoms with Crippen molar-refractivity contribution in [3.05, 3.63) is 39.9 Å². The zero-order valence-electron chi connectivity index (χ0n) is 10.5. The van der Waals surface area contributed by atoms with Crippen molar-refractivity contribution in [1.82, 2.24) is 5.32 Å². The van der Waals surface area contributed by atoms with E-state index in [1.807, 2.05) is 0 Å². The molecule has 0 bridgehead atoms. The highest BCUT2D eigenvalue weighted by Crippen LogP contribution is 2.15. The summed E-state index contributed by atoms with van der Waals surface area (Å²) in [5.41, 5.74) is -1.01. The maximum atomic E-state index is 11.9. The molecule has 7 heteroatoms. The molecule has 0 aliphatic carbocycles. The molecule has 0 saturated carbocycles. The van der Waals surface area contributed by atoms with Crippen LogP contribution in [-0.2, 0) is 4.79 Å². The number of carboxylic acids is 1. The first-order chi connectivity index (χ1) is 8.71. The predicted molar refractivity (Wildman–Crippen MR) is 66.9 cm³/mol. The summed E-state index contributed by atoms with van der Waals surface area (Å²) in [6, 6.07) is 5.25. The fourth-order valence-electron chi connectivity index (χ4n) is 1.56. The molecule has 0 aliphatic rings. The van der Waals surface area contributed by atoms with Crippen LogP contribution in [0.5, 0.6) is 0 Å². The Kier molecular flexibility index (Phi) is 4.21. The van der Waals surface area contributed by atoms with E-state index in [1.54, 1.807) is 13.8 Å². The van der Waals surface area contributed by atoms with Crippen molar-refractivity contribution in [2.45, 2.75) is 25.8 Å². The van der Waals surface area contributed by atoms with Crippen molar-refractivity contribution in [2.75, 3.05) is 0 Å². The number of carboxylic acid groups (broad SMARTS) is 1. The van der Waals surface area contributed by atoms with Gasteiger partial charge in [0.2, 0.25) is 0 Å². The van der Waals surface area contributed by atoms with Gasteiger partial charge in [0.05, 0.1) is 11.3 Å². The van der Waals surface area contributed by atoms with Gasteiger partial charge in [-0.05, 0) is 19.9 Å². The van der Waals surface area contributed by atoms with Crippen molar-refractivity contribution < 1.29 is 19.6 Å². The second-order valence-corrected chi connectivity index (χ2v) is 4.72. The molecular weight excluding hydrogens is 252 g/mol. The molecule has 0 saturated heterocycles. The molecule has 0 radical (unpaired) electrons. The largest absolute Gasteiger partial charge is 0.481 e. The Morgan fingerprint density at radius 3 is 2.58 bits per heavy atom. The summed E-state index contributed by atoms with van der Waals surface area (Å²) >= 11 is 0. The van der Waals surface area contributed by atoms with E-state index in [4.69, 9.17) is 5.11 Å². The molecule has 0 heterocycles. The molecule has 0 fully saturated rings. The number of nitrogens with zero attached hydrogens (tertiary/aromatic N) is 1.